The molecule has 0 saturated heterocycles. The van der Waals surface area contributed by atoms with E-state index >= 15 is 0 Å². The summed E-state index contributed by atoms with van der Waals surface area (Å²) in [5, 5.41) is 4.67. The van der Waals surface area contributed by atoms with Crippen LogP contribution < -0.4 is 5.32 Å². The second kappa shape index (κ2) is 5.39. The minimum absolute atomic E-state index is 0.440. The number of thiazole rings is 1. The number of nitrogens with one attached hydrogen (secondary N) is 1. The second-order valence-electron chi connectivity index (χ2n) is 5.02. The van der Waals surface area contributed by atoms with Gasteiger partial charge in [-0.3, -0.25) is 4.98 Å². The molecule has 0 aromatic carbocycles. The normalized spacial score (nSPS) is 18.3. The van der Waals surface area contributed by atoms with Gasteiger partial charge in [0.15, 0.2) is 0 Å². The molecular weight excluding hydrogens is 254 g/mol. The van der Waals surface area contributed by atoms with Crippen molar-refractivity contribution in [2.24, 2.45) is 0 Å². The maximum Gasteiger partial charge on any atom is 0.125 e. The number of nitrogens with zero attached hydrogens (tertiary/aromatic N) is 2. The van der Waals surface area contributed by atoms with Crippen molar-refractivity contribution < 1.29 is 0 Å². The lowest BCUT2D eigenvalue weighted by Gasteiger charge is -2.21. The van der Waals surface area contributed by atoms with Crippen LogP contribution in [0.1, 0.15) is 41.9 Å². The van der Waals surface area contributed by atoms with Crippen LogP contribution in [-0.4, -0.2) is 16.5 Å². The van der Waals surface area contributed by atoms with Crippen molar-refractivity contribution in [2.45, 2.75) is 39.2 Å². The molecule has 0 fully saturated rings. The van der Waals surface area contributed by atoms with Gasteiger partial charge in [-0.2, -0.15) is 0 Å². The number of aromatic nitrogens is 2. The Kier molecular flexibility index (Phi) is 3.62. The molecule has 1 aliphatic rings. The highest BCUT2D eigenvalue weighted by Crippen LogP contribution is 2.37. The molecular formula is C15H19N3S. The summed E-state index contributed by atoms with van der Waals surface area (Å²) < 4.78 is 0. The van der Waals surface area contributed by atoms with Crippen molar-refractivity contribution in [3.8, 4) is 10.6 Å². The van der Waals surface area contributed by atoms with E-state index in [0.717, 1.165) is 11.6 Å². The second-order valence-corrected chi connectivity index (χ2v) is 6.10. The Morgan fingerprint density at radius 3 is 3.16 bits per heavy atom. The molecule has 0 amide bonds. The van der Waals surface area contributed by atoms with E-state index in [4.69, 9.17) is 4.98 Å². The fourth-order valence-electron chi connectivity index (χ4n) is 2.67. The summed E-state index contributed by atoms with van der Waals surface area (Å²) in [5.74, 6) is 0. The van der Waals surface area contributed by atoms with Gasteiger partial charge >= 0.3 is 0 Å². The molecule has 1 N–H and O–H groups in total. The average Bonchev–Trinajstić information content (AvgIpc) is 2.84. The summed E-state index contributed by atoms with van der Waals surface area (Å²) in [7, 11) is 0. The highest BCUT2D eigenvalue weighted by atomic mass is 32.1. The molecule has 2 heterocycles. The van der Waals surface area contributed by atoms with E-state index in [0.29, 0.717) is 6.04 Å². The highest BCUT2D eigenvalue weighted by molar-refractivity contribution is 7.15. The molecule has 3 nitrogen and oxygen atoms in total. The van der Waals surface area contributed by atoms with E-state index < -0.39 is 0 Å². The number of hydrogen-bond donors (Lipinski definition) is 1. The third kappa shape index (κ3) is 2.42. The molecule has 0 saturated carbocycles. The van der Waals surface area contributed by atoms with E-state index in [9.17, 15) is 0 Å². The summed E-state index contributed by atoms with van der Waals surface area (Å²) in [6, 6.07) is 2.49. The smallest absolute Gasteiger partial charge is 0.125 e. The Hall–Kier alpha value is -1.26. The van der Waals surface area contributed by atoms with Crippen LogP contribution in [0.5, 0.6) is 0 Å². The van der Waals surface area contributed by atoms with Crippen molar-refractivity contribution >= 4 is 11.3 Å². The summed E-state index contributed by atoms with van der Waals surface area (Å²) in [6.45, 7) is 5.29. The number of rotatable bonds is 3. The van der Waals surface area contributed by atoms with Gasteiger partial charge in [0.2, 0.25) is 0 Å². The summed E-state index contributed by atoms with van der Waals surface area (Å²) in [4.78, 5) is 10.6. The van der Waals surface area contributed by atoms with Gasteiger partial charge in [-0.05, 0) is 44.4 Å². The van der Waals surface area contributed by atoms with E-state index in [1.54, 1.807) is 0 Å². The summed E-state index contributed by atoms with van der Waals surface area (Å²) in [5.41, 5.74) is 3.70. The van der Waals surface area contributed by atoms with Crippen LogP contribution in [0.4, 0.5) is 0 Å². The third-order valence-electron chi connectivity index (χ3n) is 3.67. The zero-order chi connectivity index (χ0) is 13.2. The quantitative estimate of drug-likeness (QED) is 0.930. The highest BCUT2D eigenvalue weighted by Gasteiger charge is 2.24. The fourth-order valence-corrected chi connectivity index (χ4v) is 3.91. The zero-order valence-corrected chi connectivity index (χ0v) is 12.3. The van der Waals surface area contributed by atoms with Gasteiger partial charge in [-0.15, -0.1) is 11.3 Å². The maximum absolute atomic E-state index is 4.90. The van der Waals surface area contributed by atoms with Crippen LogP contribution in [0.2, 0.25) is 0 Å². The molecule has 0 spiro atoms. The molecule has 3 rings (SSSR count). The fraction of sp³-hybridized carbons (Fsp3) is 0.467. The first-order valence-electron chi connectivity index (χ1n) is 6.93. The Labute approximate surface area is 118 Å². The predicted octanol–water partition coefficient (Wildman–Crippen LogP) is 3.50. The monoisotopic (exact) mass is 273 g/mol. The zero-order valence-electron chi connectivity index (χ0n) is 11.4. The van der Waals surface area contributed by atoms with Gasteiger partial charge in [0.05, 0.1) is 11.7 Å². The van der Waals surface area contributed by atoms with E-state index in [1.807, 2.05) is 23.7 Å². The van der Waals surface area contributed by atoms with Crippen molar-refractivity contribution in [3.63, 3.8) is 0 Å². The molecule has 1 aliphatic carbocycles. The van der Waals surface area contributed by atoms with Crippen LogP contribution >= 0.6 is 11.3 Å². The van der Waals surface area contributed by atoms with E-state index in [2.05, 4.69) is 30.2 Å². The summed E-state index contributed by atoms with van der Waals surface area (Å²) >= 11 is 1.84. The SMILES string of the molecule is CCNC1CCCc2sc(-c3cnccc3C)nc21. The molecule has 1 atom stereocenters. The largest absolute Gasteiger partial charge is 0.309 e. The lowest BCUT2D eigenvalue weighted by molar-refractivity contribution is 0.465. The van der Waals surface area contributed by atoms with Crippen LogP contribution in [0.25, 0.3) is 10.6 Å². The van der Waals surface area contributed by atoms with E-state index in [1.165, 1.54) is 41.0 Å². The third-order valence-corrected chi connectivity index (χ3v) is 4.84. The predicted molar refractivity (Wildman–Crippen MR) is 79.4 cm³/mol. The molecule has 19 heavy (non-hydrogen) atoms. The van der Waals surface area contributed by atoms with Crippen molar-refractivity contribution in [2.75, 3.05) is 6.54 Å². The molecule has 0 aliphatic heterocycles. The van der Waals surface area contributed by atoms with Crippen molar-refractivity contribution in [3.05, 3.63) is 34.6 Å². The Bertz CT molecular complexity index is 577. The first-order valence-corrected chi connectivity index (χ1v) is 7.75. The molecule has 0 radical (unpaired) electrons. The number of hydrogen-bond acceptors (Lipinski definition) is 4. The number of aryl methyl sites for hydroxylation is 2. The van der Waals surface area contributed by atoms with Gasteiger partial charge in [0.1, 0.15) is 5.01 Å². The van der Waals surface area contributed by atoms with Crippen LogP contribution in [0.3, 0.4) is 0 Å². The first kappa shape index (κ1) is 12.8. The lowest BCUT2D eigenvalue weighted by atomic mass is 9.97. The Morgan fingerprint density at radius 1 is 1.47 bits per heavy atom. The van der Waals surface area contributed by atoms with Crippen LogP contribution in [-0.2, 0) is 6.42 Å². The molecule has 2 aromatic rings. The van der Waals surface area contributed by atoms with Gasteiger partial charge in [0, 0.05) is 22.8 Å². The minimum atomic E-state index is 0.440. The Morgan fingerprint density at radius 2 is 2.37 bits per heavy atom. The standard InChI is InChI=1S/C15H19N3S/c1-3-17-12-5-4-6-13-14(12)18-15(19-13)11-9-16-8-7-10(11)2/h7-9,12,17H,3-6H2,1-2H3. The van der Waals surface area contributed by atoms with Gasteiger partial charge < -0.3 is 5.32 Å². The van der Waals surface area contributed by atoms with Crippen LogP contribution in [0, 0.1) is 6.92 Å². The lowest BCUT2D eigenvalue weighted by Crippen LogP contribution is -2.24. The maximum atomic E-state index is 4.90. The topological polar surface area (TPSA) is 37.8 Å². The number of fused-ring (bicyclic) bond motifs is 1. The molecule has 4 heteroatoms. The van der Waals surface area contributed by atoms with Gasteiger partial charge in [0.25, 0.3) is 0 Å². The number of pyridine rings is 1. The summed E-state index contributed by atoms with van der Waals surface area (Å²) in [6.07, 6.45) is 7.41. The molecule has 1 unspecified atom stereocenters. The molecule has 0 bridgehead atoms. The van der Waals surface area contributed by atoms with Gasteiger partial charge in [-0.1, -0.05) is 6.92 Å². The first-order chi connectivity index (χ1) is 9.29. The molecule has 100 valence electrons. The van der Waals surface area contributed by atoms with Crippen molar-refractivity contribution in [1.29, 1.82) is 0 Å². The minimum Gasteiger partial charge on any atom is -0.309 e. The van der Waals surface area contributed by atoms with E-state index in [-0.39, 0.29) is 0 Å². The Balaban J connectivity index is 2.00. The molecule has 2 aromatic heterocycles. The van der Waals surface area contributed by atoms with Gasteiger partial charge in [-0.25, -0.2) is 4.98 Å². The average molecular weight is 273 g/mol. The van der Waals surface area contributed by atoms with Crippen molar-refractivity contribution in [1.82, 2.24) is 15.3 Å². The van der Waals surface area contributed by atoms with Crippen LogP contribution in [0.15, 0.2) is 18.5 Å².